The van der Waals surface area contributed by atoms with Gasteiger partial charge in [-0.05, 0) is 18.2 Å². The van der Waals surface area contributed by atoms with Crippen molar-refractivity contribution in [3.63, 3.8) is 0 Å². The first-order chi connectivity index (χ1) is 11.8. The monoisotopic (exact) mass is 344 g/mol. The van der Waals surface area contributed by atoms with Gasteiger partial charge in [0.25, 0.3) is 5.56 Å². The fraction of sp³-hybridized carbons (Fsp3) is 0.133. The average Bonchev–Trinajstić information content (AvgIpc) is 2.97. The molecular weight excluding hydrogens is 332 g/mol. The molecule has 0 unspecified atom stereocenters. The molecule has 1 amide bonds. The molecule has 3 aromatic rings. The van der Waals surface area contributed by atoms with Gasteiger partial charge < -0.3 is 20.1 Å². The van der Waals surface area contributed by atoms with Gasteiger partial charge in [-0.1, -0.05) is 0 Å². The van der Waals surface area contributed by atoms with Gasteiger partial charge in [-0.2, -0.15) is 9.61 Å². The summed E-state index contributed by atoms with van der Waals surface area (Å²) in [5, 5.41) is 24.0. The minimum absolute atomic E-state index is 0.197. The van der Waals surface area contributed by atoms with Crippen molar-refractivity contribution in [3.05, 3.63) is 40.3 Å². The van der Waals surface area contributed by atoms with E-state index in [-0.39, 0.29) is 16.8 Å². The van der Waals surface area contributed by atoms with Gasteiger partial charge in [-0.15, -0.1) is 0 Å². The fourth-order valence-electron chi connectivity index (χ4n) is 2.52. The van der Waals surface area contributed by atoms with Crippen LogP contribution in [0.4, 0.5) is 5.69 Å². The Morgan fingerprint density at radius 1 is 1.20 bits per heavy atom. The molecule has 3 rings (SSSR count). The van der Waals surface area contributed by atoms with Gasteiger partial charge in [0.15, 0.2) is 5.69 Å². The first-order valence-corrected chi connectivity index (χ1v) is 7.05. The zero-order valence-electron chi connectivity index (χ0n) is 12.9. The summed E-state index contributed by atoms with van der Waals surface area (Å²) in [7, 11) is 1.65. The second kappa shape index (κ2) is 5.74. The Labute approximate surface area is 138 Å². The van der Waals surface area contributed by atoms with Crippen molar-refractivity contribution in [2.75, 3.05) is 5.32 Å². The maximum absolute atomic E-state index is 12.6. The summed E-state index contributed by atoms with van der Waals surface area (Å²) in [6.45, 7) is 0. The number of nitrogens with one attached hydrogen (secondary N) is 1. The van der Waals surface area contributed by atoms with Crippen LogP contribution >= 0.6 is 0 Å². The maximum Gasteiger partial charge on any atom is 0.356 e. The number of aryl methyl sites for hydroxylation is 1. The molecule has 0 aliphatic heterocycles. The Morgan fingerprint density at radius 2 is 1.92 bits per heavy atom. The molecule has 2 heterocycles. The Kier molecular flexibility index (Phi) is 3.72. The Balaban J connectivity index is 2.16. The quantitative estimate of drug-likeness (QED) is 0.577. The second-order valence-electron chi connectivity index (χ2n) is 5.32. The summed E-state index contributed by atoms with van der Waals surface area (Å²) in [6, 6.07) is 5.76. The SMILES string of the molecule is Cn1c2ccc(NC(=O)CC(=O)O)cc2c(=O)n2nc(C(=O)O)cc12. The van der Waals surface area contributed by atoms with E-state index in [1.807, 2.05) is 0 Å². The average molecular weight is 344 g/mol. The number of carboxylic acids is 2. The molecule has 0 saturated heterocycles. The highest BCUT2D eigenvalue weighted by atomic mass is 16.4. The van der Waals surface area contributed by atoms with Crippen LogP contribution < -0.4 is 10.9 Å². The highest BCUT2D eigenvalue weighted by Crippen LogP contribution is 2.18. The molecule has 10 heteroatoms. The summed E-state index contributed by atoms with van der Waals surface area (Å²) in [5.41, 5.74) is 0.242. The van der Waals surface area contributed by atoms with Crippen LogP contribution in [0.2, 0.25) is 0 Å². The number of carbonyl (C=O) groups excluding carboxylic acids is 1. The maximum atomic E-state index is 12.6. The van der Waals surface area contributed by atoms with Gasteiger partial charge in [-0.3, -0.25) is 14.4 Å². The predicted octanol–water partition coefficient (Wildman–Crippen LogP) is 0.298. The number of carbonyl (C=O) groups is 3. The minimum Gasteiger partial charge on any atom is -0.481 e. The molecule has 0 atom stereocenters. The number of nitrogens with zero attached hydrogens (tertiary/aromatic N) is 3. The molecule has 3 N–H and O–H groups in total. The summed E-state index contributed by atoms with van der Waals surface area (Å²) in [6.07, 6.45) is -0.698. The molecule has 0 aliphatic rings. The third-order valence-corrected chi connectivity index (χ3v) is 3.63. The largest absolute Gasteiger partial charge is 0.481 e. The molecule has 2 aromatic heterocycles. The number of benzene rings is 1. The van der Waals surface area contributed by atoms with Crippen molar-refractivity contribution < 1.29 is 24.6 Å². The number of anilines is 1. The number of aromatic nitrogens is 3. The normalized spacial score (nSPS) is 10.9. The van der Waals surface area contributed by atoms with Crippen LogP contribution in [0.5, 0.6) is 0 Å². The van der Waals surface area contributed by atoms with Crippen LogP contribution in [0.1, 0.15) is 16.9 Å². The molecule has 10 nitrogen and oxygen atoms in total. The van der Waals surface area contributed by atoms with Crippen LogP contribution in [0.15, 0.2) is 29.1 Å². The standard InChI is InChI=1S/C15H12N4O6/c1-18-10-3-2-7(16-11(20)6-13(21)22)4-8(10)14(23)19-12(18)5-9(17-19)15(24)25/h2-5H,6H2,1H3,(H,16,20)(H,21,22)(H,24,25). The lowest BCUT2D eigenvalue weighted by molar-refractivity contribution is -0.139. The minimum atomic E-state index is -1.27. The van der Waals surface area contributed by atoms with Crippen LogP contribution in [-0.4, -0.2) is 42.2 Å². The molecule has 0 saturated carbocycles. The van der Waals surface area contributed by atoms with E-state index in [4.69, 9.17) is 10.2 Å². The van der Waals surface area contributed by atoms with E-state index in [0.29, 0.717) is 11.2 Å². The van der Waals surface area contributed by atoms with Crippen LogP contribution in [0.25, 0.3) is 16.6 Å². The Morgan fingerprint density at radius 3 is 2.56 bits per heavy atom. The van der Waals surface area contributed by atoms with Crippen molar-refractivity contribution in [2.24, 2.45) is 7.05 Å². The number of rotatable bonds is 4. The van der Waals surface area contributed by atoms with E-state index in [2.05, 4.69) is 10.4 Å². The summed E-state index contributed by atoms with van der Waals surface area (Å²) >= 11 is 0. The summed E-state index contributed by atoms with van der Waals surface area (Å²) in [5.74, 6) is -3.25. The van der Waals surface area contributed by atoms with Gasteiger partial charge in [0, 0.05) is 18.8 Å². The molecule has 0 fully saturated rings. The van der Waals surface area contributed by atoms with Crippen LogP contribution in [0.3, 0.4) is 0 Å². The predicted molar refractivity (Wildman–Crippen MR) is 85.8 cm³/mol. The van der Waals surface area contributed by atoms with E-state index in [9.17, 15) is 19.2 Å². The highest BCUT2D eigenvalue weighted by molar-refractivity contribution is 6.02. The Bertz CT molecular complexity index is 1110. The lowest BCUT2D eigenvalue weighted by atomic mass is 10.2. The first-order valence-electron chi connectivity index (χ1n) is 7.05. The summed E-state index contributed by atoms with van der Waals surface area (Å²) < 4.78 is 2.56. The highest BCUT2D eigenvalue weighted by Gasteiger charge is 2.16. The first kappa shape index (κ1) is 16.2. The molecule has 0 aliphatic carbocycles. The number of aliphatic carboxylic acids is 1. The molecule has 128 valence electrons. The van der Waals surface area contributed by atoms with Gasteiger partial charge >= 0.3 is 11.9 Å². The van der Waals surface area contributed by atoms with Crippen molar-refractivity contribution in [3.8, 4) is 0 Å². The van der Waals surface area contributed by atoms with Crippen LogP contribution in [0, 0.1) is 0 Å². The third-order valence-electron chi connectivity index (χ3n) is 3.63. The van der Waals surface area contributed by atoms with Gasteiger partial charge in [-0.25, -0.2) is 4.79 Å². The van der Waals surface area contributed by atoms with E-state index in [1.165, 1.54) is 18.2 Å². The lowest BCUT2D eigenvalue weighted by Gasteiger charge is -2.10. The molecule has 0 bridgehead atoms. The zero-order chi connectivity index (χ0) is 18.3. The molecule has 1 aromatic carbocycles. The zero-order valence-corrected chi connectivity index (χ0v) is 12.9. The number of hydrogen-bond acceptors (Lipinski definition) is 5. The van der Waals surface area contributed by atoms with E-state index in [0.717, 1.165) is 4.52 Å². The molecule has 0 spiro atoms. The molecule has 0 radical (unpaired) electrons. The lowest BCUT2D eigenvalue weighted by Crippen LogP contribution is -2.20. The fourth-order valence-corrected chi connectivity index (χ4v) is 2.52. The number of hydrogen-bond donors (Lipinski definition) is 3. The number of amides is 1. The molecule has 25 heavy (non-hydrogen) atoms. The second-order valence-corrected chi connectivity index (χ2v) is 5.32. The van der Waals surface area contributed by atoms with Crippen molar-refractivity contribution in [1.82, 2.24) is 14.2 Å². The van der Waals surface area contributed by atoms with E-state index in [1.54, 1.807) is 17.7 Å². The van der Waals surface area contributed by atoms with Gasteiger partial charge in [0.05, 0.1) is 10.9 Å². The van der Waals surface area contributed by atoms with Crippen molar-refractivity contribution in [2.45, 2.75) is 6.42 Å². The Hall–Kier alpha value is -3.69. The summed E-state index contributed by atoms with van der Waals surface area (Å²) in [4.78, 5) is 45.7. The third kappa shape index (κ3) is 2.80. The van der Waals surface area contributed by atoms with Crippen molar-refractivity contribution >= 4 is 40.1 Å². The number of aromatic carboxylic acids is 1. The van der Waals surface area contributed by atoms with E-state index >= 15 is 0 Å². The van der Waals surface area contributed by atoms with Gasteiger partial charge in [0.1, 0.15) is 12.1 Å². The van der Waals surface area contributed by atoms with Crippen LogP contribution in [-0.2, 0) is 16.6 Å². The van der Waals surface area contributed by atoms with E-state index < -0.39 is 29.8 Å². The number of carboxylic acid groups (broad SMARTS) is 2. The smallest absolute Gasteiger partial charge is 0.356 e. The number of fused-ring (bicyclic) bond motifs is 2. The topological polar surface area (TPSA) is 143 Å². The van der Waals surface area contributed by atoms with Gasteiger partial charge in [0.2, 0.25) is 5.91 Å². The van der Waals surface area contributed by atoms with Crippen molar-refractivity contribution in [1.29, 1.82) is 0 Å². The molecular formula is C15H12N4O6.